The Kier molecular flexibility index (Phi) is 4.38. The lowest BCUT2D eigenvalue weighted by molar-refractivity contribution is 0.0920. The molecule has 88 valence electrons. The van der Waals surface area contributed by atoms with Gasteiger partial charge in [0.2, 0.25) is 0 Å². The molecule has 1 unspecified atom stereocenters. The van der Waals surface area contributed by atoms with E-state index < -0.39 is 0 Å². The van der Waals surface area contributed by atoms with E-state index in [4.69, 9.17) is 4.74 Å². The molecule has 1 aliphatic rings. The molecule has 0 spiro atoms. The third-order valence-corrected chi connectivity index (χ3v) is 3.40. The highest BCUT2D eigenvalue weighted by Gasteiger charge is 2.22. The van der Waals surface area contributed by atoms with Gasteiger partial charge in [0.25, 0.3) is 0 Å². The summed E-state index contributed by atoms with van der Waals surface area (Å²) in [5.41, 5.74) is 1.13. The molecule has 0 radical (unpaired) electrons. The molecule has 1 atom stereocenters. The topological polar surface area (TPSA) is 29.5 Å². The zero-order valence-corrected chi connectivity index (χ0v) is 10.8. The maximum absolute atomic E-state index is 9.36. The van der Waals surface area contributed by atoms with E-state index in [1.165, 1.54) is 12.8 Å². The zero-order chi connectivity index (χ0) is 11.4. The monoisotopic (exact) mass is 284 g/mol. The van der Waals surface area contributed by atoms with Crippen molar-refractivity contribution in [3.63, 3.8) is 0 Å². The van der Waals surface area contributed by atoms with Gasteiger partial charge in [-0.05, 0) is 36.5 Å². The van der Waals surface area contributed by atoms with E-state index in [1.807, 2.05) is 24.3 Å². The van der Waals surface area contributed by atoms with Gasteiger partial charge < -0.3 is 9.84 Å². The van der Waals surface area contributed by atoms with Gasteiger partial charge in [0.05, 0.1) is 13.2 Å². The standard InChI is InChI=1S/C13H17BrO2/c14-13-3-1-2-11(6-13)12(7-15)9-16-8-10-4-5-10/h1-3,6,10,12,15H,4-5,7-9H2. The lowest BCUT2D eigenvalue weighted by Gasteiger charge is -2.15. The summed E-state index contributed by atoms with van der Waals surface area (Å²) in [4.78, 5) is 0. The van der Waals surface area contributed by atoms with Crippen LogP contribution in [0.4, 0.5) is 0 Å². The third kappa shape index (κ3) is 3.58. The van der Waals surface area contributed by atoms with Crippen LogP contribution in [-0.2, 0) is 4.74 Å². The van der Waals surface area contributed by atoms with Crippen molar-refractivity contribution in [1.82, 2.24) is 0 Å². The van der Waals surface area contributed by atoms with Gasteiger partial charge >= 0.3 is 0 Å². The largest absolute Gasteiger partial charge is 0.396 e. The Labute approximate surface area is 105 Å². The average molecular weight is 285 g/mol. The molecule has 0 bridgehead atoms. The van der Waals surface area contributed by atoms with Crippen molar-refractivity contribution >= 4 is 15.9 Å². The van der Waals surface area contributed by atoms with Crippen LogP contribution >= 0.6 is 15.9 Å². The Hall–Kier alpha value is -0.380. The quantitative estimate of drug-likeness (QED) is 0.870. The molecule has 0 amide bonds. The van der Waals surface area contributed by atoms with E-state index in [0.29, 0.717) is 6.61 Å². The number of aliphatic hydroxyl groups is 1. The van der Waals surface area contributed by atoms with Crippen molar-refractivity contribution in [2.75, 3.05) is 19.8 Å². The third-order valence-electron chi connectivity index (χ3n) is 2.91. The first-order valence-electron chi connectivity index (χ1n) is 5.73. The van der Waals surface area contributed by atoms with Crippen LogP contribution < -0.4 is 0 Å². The van der Waals surface area contributed by atoms with Crippen LogP contribution in [0.2, 0.25) is 0 Å². The first kappa shape index (κ1) is 12.1. The molecule has 16 heavy (non-hydrogen) atoms. The van der Waals surface area contributed by atoms with Gasteiger partial charge in [0, 0.05) is 17.0 Å². The van der Waals surface area contributed by atoms with Crippen molar-refractivity contribution in [2.45, 2.75) is 18.8 Å². The highest BCUT2D eigenvalue weighted by molar-refractivity contribution is 9.10. The summed E-state index contributed by atoms with van der Waals surface area (Å²) in [6.45, 7) is 1.61. The number of hydrogen-bond donors (Lipinski definition) is 1. The predicted molar refractivity (Wildman–Crippen MR) is 67.5 cm³/mol. The molecule has 1 aromatic rings. The molecule has 1 aromatic carbocycles. The second-order valence-corrected chi connectivity index (χ2v) is 5.33. The van der Waals surface area contributed by atoms with Crippen molar-refractivity contribution in [3.05, 3.63) is 34.3 Å². The Balaban J connectivity index is 1.87. The fourth-order valence-corrected chi connectivity index (χ4v) is 2.09. The van der Waals surface area contributed by atoms with E-state index in [2.05, 4.69) is 15.9 Å². The van der Waals surface area contributed by atoms with Crippen LogP contribution in [0.3, 0.4) is 0 Å². The van der Waals surface area contributed by atoms with Crippen molar-refractivity contribution in [1.29, 1.82) is 0 Å². The molecular formula is C13H17BrO2. The fourth-order valence-electron chi connectivity index (χ4n) is 1.68. The van der Waals surface area contributed by atoms with Gasteiger partial charge in [0.15, 0.2) is 0 Å². The number of halogens is 1. The molecule has 1 N–H and O–H groups in total. The molecule has 2 nitrogen and oxygen atoms in total. The molecule has 2 rings (SSSR count). The minimum atomic E-state index is 0.0937. The lowest BCUT2D eigenvalue weighted by Crippen LogP contribution is -2.13. The number of benzene rings is 1. The van der Waals surface area contributed by atoms with Crippen LogP contribution in [-0.4, -0.2) is 24.9 Å². The molecule has 0 aromatic heterocycles. The number of hydrogen-bond acceptors (Lipinski definition) is 2. The van der Waals surface area contributed by atoms with Gasteiger partial charge in [0.1, 0.15) is 0 Å². The SMILES string of the molecule is OCC(COCC1CC1)c1cccc(Br)c1. The molecule has 1 aliphatic carbocycles. The van der Waals surface area contributed by atoms with Crippen LogP contribution in [0.5, 0.6) is 0 Å². The van der Waals surface area contributed by atoms with Crippen molar-refractivity contribution < 1.29 is 9.84 Å². The minimum Gasteiger partial charge on any atom is -0.396 e. The van der Waals surface area contributed by atoms with Gasteiger partial charge in [-0.15, -0.1) is 0 Å². The summed E-state index contributed by atoms with van der Waals surface area (Å²) in [6.07, 6.45) is 2.61. The molecule has 0 heterocycles. The maximum Gasteiger partial charge on any atom is 0.0556 e. The summed E-state index contributed by atoms with van der Waals surface area (Å²) in [5, 5.41) is 9.36. The van der Waals surface area contributed by atoms with Crippen LogP contribution in [0.1, 0.15) is 24.3 Å². The van der Waals surface area contributed by atoms with Crippen LogP contribution in [0.15, 0.2) is 28.7 Å². The molecule has 1 fully saturated rings. The minimum absolute atomic E-state index is 0.0937. The molecule has 0 aliphatic heterocycles. The Morgan fingerprint density at radius 3 is 2.88 bits per heavy atom. The van der Waals surface area contributed by atoms with Crippen molar-refractivity contribution in [3.8, 4) is 0 Å². The normalized spacial score (nSPS) is 17.4. The van der Waals surface area contributed by atoms with E-state index in [1.54, 1.807) is 0 Å². The summed E-state index contributed by atoms with van der Waals surface area (Å²) in [5.74, 6) is 0.873. The summed E-state index contributed by atoms with van der Waals surface area (Å²) in [6, 6.07) is 8.06. The smallest absolute Gasteiger partial charge is 0.0556 e. The predicted octanol–water partition coefficient (Wildman–Crippen LogP) is 2.95. The van der Waals surface area contributed by atoms with Gasteiger partial charge in [-0.25, -0.2) is 0 Å². The number of rotatable bonds is 6. The first-order valence-corrected chi connectivity index (χ1v) is 6.53. The van der Waals surface area contributed by atoms with Crippen LogP contribution in [0, 0.1) is 5.92 Å². The first-order chi connectivity index (χ1) is 7.79. The Morgan fingerprint density at radius 1 is 1.44 bits per heavy atom. The average Bonchev–Trinajstić information content (AvgIpc) is 3.08. The molecule has 0 saturated heterocycles. The van der Waals surface area contributed by atoms with E-state index in [9.17, 15) is 5.11 Å². The van der Waals surface area contributed by atoms with Crippen LogP contribution in [0.25, 0.3) is 0 Å². The molecule has 1 saturated carbocycles. The number of ether oxygens (including phenoxy) is 1. The summed E-state index contributed by atoms with van der Waals surface area (Å²) >= 11 is 3.44. The van der Waals surface area contributed by atoms with E-state index in [-0.39, 0.29) is 12.5 Å². The number of aliphatic hydroxyl groups excluding tert-OH is 1. The molecular weight excluding hydrogens is 268 g/mol. The Bertz CT molecular complexity index is 336. The van der Waals surface area contributed by atoms with E-state index >= 15 is 0 Å². The second kappa shape index (κ2) is 5.80. The van der Waals surface area contributed by atoms with Gasteiger partial charge in [-0.2, -0.15) is 0 Å². The second-order valence-electron chi connectivity index (χ2n) is 4.42. The highest BCUT2D eigenvalue weighted by atomic mass is 79.9. The highest BCUT2D eigenvalue weighted by Crippen LogP contribution is 2.29. The van der Waals surface area contributed by atoms with Crippen molar-refractivity contribution in [2.24, 2.45) is 5.92 Å². The summed E-state index contributed by atoms with van der Waals surface area (Å²) < 4.78 is 6.68. The van der Waals surface area contributed by atoms with Gasteiger partial charge in [-0.1, -0.05) is 28.1 Å². The maximum atomic E-state index is 9.36. The fraction of sp³-hybridized carbons (Fsp3) is 0.538. The lowest BCUT2D eigenvalue weighted by atomic mass is 10.0. The molecule has 3 heteroatoms. The van der Waals surface area contributed by atoms with Gasteiger partial charge in [-0.3, -0.25) is 0 Å². The zero-order valence-electron chi connectivity index (χ0n) is 9.23. The van der Waals surface area contributed by atoms with E-state index in [0.717, 1.165) is 22.6 Å². The Morgan fingerprint density at radius 2 is 2.25 bits per heavy atom. The summed E-state index contributed by atoms with van der Waals surface area (Å²) in [7, 11) is 0.